The molecule has 0 saturated carbocycles. The van der Waals surface area contributed by atoms with Gasteiger partial charge in [0.15, 0.2) is 0 Å². The minimum absolute atomic E-state index is 0.625. The third-order valence-corrected chi connectivity index (χ3v) is 4.92. The molecule has 0 aromatic heterocycles. The number of anilines is 1. The SMILES string of the molecule is COc1cc(N)ccc1S(=O)CCCN1CCCC1. The van der Waals surface area contributed by atoms with Gasteiger partial charge in [0, 0.05) is 17.5 Å². The van der Waals surface area contributed by atoms with E-state index in [-0.39, 0.29) is 0 Å². The van der Waals surface area contributed by atoms with Crippen LogP contribution in [0.4, 0.5) is 5.69 Å². The molecule has 2 rings (SSSR count). The van der Waals surface area contributed by atoms with E-state index in [1.807, 2.05) is 0 Å². The molecular formula is C14H22N2O2S. The number of likely N-dealkylation sites (tertiary alicyclic amines) is 1. The van der Waals surface area contributed by atoms with Crippen molar-refractivity contribution in [1.29, 1.82) is 0 Å². The molecule has 1 aliphatic rings. The van der Waals surface area contributed by atoms with E-state index in [4.69, 9.17) is 10.5 Å². The molecule has 1 aromatic rings. The molecule has 0 bridgehead atoms. The van der Waals surface area contributed by atoms with Crippen LogP contribution < -0.4 is 10.5 Å². The molecule has 0 amide bonds. The maximum absolute atomic E-state index is 12.3. The van der Waals surface area contributed by atoms with E-state index in [1.54, 1.807) is 25.3 Å². The van der Waals surface area contributed by atoms with Crippen molar-refractivity contribution in [3.63, 3.8) is 0 Å². The van der Waals surface area contributed by atoms with Crippen LogP contribution in [-0.2, 0) is 10.8 Å². The first-order valence-corrected chi connectivity index (χ1v) is 8.07. The predicted octanol–water partition coefficient (Wildman–Crippen LogP) is 1.87. The zero-order valence-corrected chi connectivity index (χ0v) is 12.2. The van der Waals surface area contributed by atoms with Crippen LogP contribution in [0.2, 0.25) is 0 Å². The Bertz CT molecular complexity index is 445. The summed E-state index contributed by atoms with van der Waals surface area (Å²) in [6.45, 7) is 3.43. The lowest BCUT2D eigenvalue weighted by atomic mass is 10.3. The number of nitrogen functional groups attached to an aromatic ring is 1. The van der Waals surface area contributed by atoms with Gasteiger partial charge in [0.2, 0.25) is 0 Å². The highest BCUT2D eigenvalue weighted by molar-refractivity contribution is 7.85. The van der Waals surface area contributed by atoms with Crippen molar-refractivity contribution in [2.24, 2.45) is 0 Å². The number of ether oxygens (including phenoxy) is 1. The molecule has 1 aliphatic heterocycles. The molecule has 0 spiro atoms. The Morgan fingerprint density at radius 1 is 1.37 bits per heavy atom. The summed E-state index contributed by atoms with van der Waals surface area (Å²) < 4.78 is 17.5. The highest BCUT2D eigenvalue weighted by Crippen LogP contribution is 2.25. The molecule has 1 saturated heterocycles. The second-order valence-corrected chi connectivity index (χ2v) is 6.40. The Hall–Kier alpha value is -1.07. The summed E-state index contributed by atoms with van der Waals surface area (Å²) in [7, 11) is 0.573. The number of rotatable bonds is 6. The highest BCUT2D eigenvalue weighted by Gasteiger charge is 2.14. The Morgan fingerprint density at radius 3 is 2.79 bits per heavy atom. The van der Waals surface area contributed by atoms with Crippen LogP contribution in [0.3, 0.4) is 0 Å². The zero-order valence-electron chi connectivity index (χ0n) is 11.4. The summed E-state index contributed by atoms with van der Waals surface area (Å²) in [6, 6.07) is 5.31. The van der Waals surface area contributed by atoms with Gasteiger partial charge in [-0.3, -0.25) is 4.21 Å². The second kappa shape index (κ2) is 6.91. The quantitative estimate of drug-likeness (QED) is 0.809. The van der Waals surface area contributed by atoms with E-state index in [1.165, 1.54) is 25.9 Å². The average Bonchev–Trinajstić information content (AvgIpc) is 2.91. The van der Waals surface area contributed by atoms with Crippen molar-refractivity contribution in [1.82, 2.24) is 4.90 Å². The van der Waals surface area contributed by atoms with Crippen molar-refractivity contribution < 1.29 is 8.95 Å². The second-order valence-electron chi connectivity index (χ2n) is 4.86. The average molecular weight is 282 g/mol. The van der Waals surface area contributed by atoms with Gasteiger partial charge in [0.25, 0.3) is 0 Å². The summed E-state index contributed by atoms with van der Waals surface area (Å²) in [4.78, 5) is 3.19. The monoisotopic (exact) mass is 282 g/mol. The molecule has 19 heavy (non-hydrogen) atoms. The van der Waals surface area contributed by atoms with Crippen molar-refractivity contribution in [3.05, 3.63) is 18.2 Å². The van der Waals surface area contributed by atoms with Crippen molar-refractivity contribution in [3.8, 4) is 5.75 Å². The van der Waals surface area contributed by atoms with Gasteiger partial charge in [0.05, 0.1) is 22.8 Å². The summed E-state index contributed by atoms with van der Waals surface area (Å²) in [5.74, 6) is 1.30. The zero-order chi connectivity index (χ0) is 13.7. The van der Waals surface area contributed by atoms with Crippen LogP contribution in [-0.4, -0.2) is 41.6 Å². The normalized spacial score (nSPS) is 17.5. The Morgan fingerprint density at radius 2 is 2.11 bits per heavy atom. The third kappa shape index (κ3) is 3.94. The fraction of sp³-hybridized carbons (Fsp3) is 0.571. The number of methoxy groups -OCH3 is 1. The number of benzene rings is 1. The summed E-state index contributed by atoms with van der Waals surface area (Å²) in [6.07, 6.45) is 3.56. The molecule has 2 N–H and O–H groups in total. The first kappa shape index (κ1) is 14.3. The standard InChI is InChI=1S/C14H22N2O2S/c1-18-13-11-12(15)5-6-14(13)19(17)10-4-9-16-7-2-3-8-16/h5-6,11H,2-4,7-10,15H2,1H3. The van der Waals surface area contributed by atoms with Crippen LogP contribution >= 0.6 is 0 Å². The molecule has 1 unspecified atom stereocenters. The summed E-state index contributed by atoms with van der Waals surface area (Å²) in [5.41, 5.74) is 6.33. The van der Waals surface area contributed by atoms with E-state index in [0.29, 0.717) is 17.2 Å². The van der Waals surface area contributed by atoms with Gasteiger partial charge in [0.1, 0.15) is 5.75 Å². The van der Waals surface area contributed by atoms with Crippen LogP contribution in [0.5, 0.6) is 5.75 Å². The van der Waals surface area contributed by atoms with Crippen LogP contribution in [0.15, 0.2) is 23.1 Å². The highest BCUT2D eigenvalue weighted by atomic mass is 32.2. The molecule has 1 fully saturated rings. The molecule has 5 heteroatoms. The largest absolute Gasteiger partial charge is 0.495 e. The third-order valence-electron chi connectivity index (χ3n) is 3.44. The Balaban J connectivity index is 1.88. The van der Waals surface area contributed by atoms with E-state index >= 15 is 0 Å². The Kier molecular flexibility index (Phi) is 5.22. The number of nitrogens with zero attached hydrogens (tertiary/aromatic N) is 1. The fourth-order valence-corrected chi connectivity index (χ4v) is 3.61. The molecule has 4 nitrogen and oxygen atoms in total. The van der Waals surface area contributed by atoms with E-state index in [2.05, 4.69) is 4.90 Å². The van der Waals surface area contributed by atoms with E-state index in [9.17, 15) is 4.21 Å². The van der Waals surface area contributed by atoms with Gasteiger partial charge < -0.3 is 15.4 Å². The Labute approximate surface area is 117 Å². The maximum Gasteiger partial charge on any atom is 0.137 e. The van der Waals surface area contributed by atoms with Crippen LogP contribution in [0, 0.1) is 0 Å². The van der Waals surface area contributed by atoms with Gasteiger partial charge in [-0.05, 0) is 51.0 Å². The number of hydrogen-bond donors (Lipinski definition) is 1. The molecular weight excluding hydrogens is 260 g/mol. The first-order chi connectivity index (χ1) is 9.20. The molecule has 106 valence electrons. The predicted molar refractivity (Wildman–Crippen MR) is 79.0 cm³/mol. The van der Waals surface area contributed by atoms with E-state index < -0.39 is 10.8 Å². The summed E-state index contributed by atoms with van der Waals surface area (Å²) in [5, 5.41) is 0. The minimum atomic E-state index is -1.01. The van der Waals surface area contributed by atoms with Crippen LogP contribution in [0.25, 0.3) is 0 Å². The lowest BCUT2D eigenvalue weighted by Crippen LogP contribution is -2.21. The summed E-state index contributed by atoms with van der Waals surface area (Å²) >= 11 is 0. The number of nitrogens with two attached hydrogens (primary N) is 1. The van der Waals surface area contributed by atoms with Gasteiger partial charge in [-0.2, -0.15) is 0 Å². The smallest absolute Gasteiger partial charge is 0.137 e. The lowest BCUT2D eigenvalue weighted by molar-refractivity contribution is 0.340. The topological polar surface area (TPSA) is 55.6 Å². The lowest BCUT2D eigenvalue weighted by Gasteiger charge is -2.14. The molecule has 0 aliphatic carbocycles. The van der Waals surface area contributed by atoms with Crippen molar-refractivity contribution >= 4 is 16.5 Å². The van der Waals surface area contributed by atoms with E-state index in [0.717, 1.165) is 17.9 Å². The van der Waals surface area contributed by atoms with Gasteiger partial charge in [-0.1, -0.05) is 0 Å². The van der Waals surface area contributed by atoms with Crippen LogP contribution in [0.1, 0.15) is 19.3 Å². The fourth-order valence-electron chi connectivity index (χ4n) is 2.41. The van der Waals surface area contributed by atoms with Gasteiger partial charge >= 0.3 is 0 Å². The van der Waals surface area contributed by atoms with Crippen molar-refractivity contribution in [2.75, 3.05) is 38.2 Å². The molecule has 1 aromatic carbocycles. The maximum atomic E-state index is 12.3. The molecule has 1 atom stereocenters. The molecule has 1 heterocycles. The minimum Gasteiger partial charge on any atom is -0.495 e. The van der Waals surface area contributed by atoms with Gasteiger partial charge in [-0.15, -0.1) is 0 Å². The van der Waals surface area contributed by atoms with Gasteiger partial charge in [-0.25, -0.2) is 0 Å². The van der Waals surface area contributed by atoms with Crippen molar-refractivity contribution in [2.45, 2.75) is 24.2 Å². The first-order valence-electron chi connectivity index (χ1n) is 6.75. The molecule has 0 radical (unpaired) electrons. The number of hydrogen-bond acceptors (Lipinski definition) is 4.